The van der Waals surface area contributed by atoms with E-state index in [0.29, 0.717) is 28.1 Å². The number of aliphatic carboxylic acids is 1. The first-order valence-electron chi connectivity index (χ1n) is 13.7. The average Bonchev–Trinajstić information content (AvgIpc) is 3.28. The minimum atomic E-state index is -1.18. The first-order valence-corrected chi connectivity index (χ1v) is 13.7. The molecule has 3 aromatic carbocycles. The fourth-order valence-corrected chi connectivity index (χ4v) is 5.20. The molecule has 214 valence electrons. The summed E-state index contributed by atoms with van der Waals surface area (Å²) in [6.45, 7) is 4.25. The Morgan fingerprint density at radius 2 is 1.45 bits per heavy atom. The van der Waals surface area contributed by atoms with Gasteiger partial charge in [0.25, 0.3) is 5.91 Å². The summed E-state index contributed by atoms with van der Waals surface area (Å²) in [5.74, 6) is -1.93. The van der Waals surface area contributed by atoms with E-state index in [2.05, 4.69) is 5.32 Å². The minimum Gasteiger partial charge on any atom is -0.481 e. The molecule has 0 saturated heterocycles. The molecule has 1 aromatic heterocycles. The normalized spacial score (nSPS) is 12.4. The van der Waals surface area contributed by atoms with Crippen LogP contribution in [0.3, 0.4) is 0 Å². The molecule has 2 atom stereocenters. The molecule has 1 amide bonds. The van der Waals surface area contributed by atoms with Gasteiger partial charge >= 0.3 is 51.5 Å². The van der Waals surface area contributed by atoms with Crippen molar-refractivity contribution in [3.8, 4) is 22.4 Å². The van der Waals surface area contributed by atoms with Crippen LogP contribution in [0.15, 0.2) is 84.9 Å². The number of hydrogen-bond donors (Lipinski definition) is 4. The molecular weight excluding hydrogens is 611 g/mol. The number of aliphatic hydroxyl groups is 2. The van der Waals surface area contributed by atoms with Gasteiger partial charge in [0.05, 0.1) is 29.9 Å². The second-order valence-electron chi connectivity index (χ2n) is 10.4. The summed E-state index contributed by atoms with van der Waals surface area (Å²) in [5, 5.41) is 32.8. The number of para-hydroxylation sites is 1. The van der Waals surface area contributed by atoms with Crippen molar-refractivity contribution in [3.63, 3.8) is 0 Å². The minimum absolute atomic E-state index is 0. The van der Waals surface area contributed by atoms with Crippen molar-refractivity contribution in [3.05, 3.63) is 102 Å². The fourth-order valence-electron chi connectivity index (χ4n) is 5.20. The SMILES string of the molecule is CC(C)c1c(C(=O)Nc2ccccc2)c(-c2ccccc2)c(-c2ccc(F)cc2)n1CC[C@@H](O)C[C@@H](O)CC(=O)O.[Sr+2]. The number of nitrogens with one attached hydrogen (secondary N) is 1. The largest absolute Gasteiger partial charge is 2.00 e. The number of aliphatic hydroxyl groups excluding tert-OH is 2. The molecule has 0 fully saturated rings. The molecule has 0 aliphatic carbocycles. The van der Waals surface area contributed by atoms with Crippen LogP contribution in [0.1, 0.15) is 55.1 Å². The van der Waals surface area contributed by atoms with Gasteiger partial charge in [-0.05, 0) is 66.3 Å². The van der Waals surface area contributed by atoms with E-state index in [0.717, 1.165) is 11.3 Å². The van der Waals surface area contributed by atoms with Gasteiger partial charge in [0.1, 0.15) is 5.82 Å². The number of hydrogen-bond acceptors (Lipinski definition) is 4. The third-order valence-corrected chi connectivity index (χ3v) is 6.93. The second-order valence-corrected chi connectivity index (χ2v) is 10.4. The Kier molecular flexibility index (Phi) is 12.5. The Morgan fingerprint density at radius 1 is 0.857 bits per heavy atom. The summed E-state index contributed by atoms with van der Waals surface area (Å²) in [5.41, 5.74) is 4.77. The van der Waals surface area contributed by atoms with Crippen LogP contribution in [-0.2, 0) is 11.3 Å². The molecule has 4 rings (SSSR count). The number of nitrogens with zero attached hydrogens (tertiary/aromatic N) is 1. The quantitative estimate of drug-likeness (QED) is 0.143. The van der Waals surface area contributed by atoms with Gasteiger partial charge in [-0.15, -0.1) is 0 Å². The maximum absolute atomic E-state index is 14.0. The third kappa shape index (κ3) is 8.40. The van der Waals surface area contributed by atoms with Crippen LogP contribution in [-0.4, -0.2) is 89.5 Å². The molecule has 42 heavy (non-hydrogen) atoms. The average molecular weight is 646 g/mol. The maximum atomic E-state index is 14.0. The number of amides is 1. The summed E-state index contributed by atoms with van der Waals surface area (Å²) in [7, 11) is 0. The van der Waals surface area contributed by atoms with Crippen molar-refractivity contribution >= 4 is 63.0 Å². The van der Waals surface area contributed by atoms with Gasteiger partial charge in [-0.1, -0.05) is 62.4 Å². The van der Waals surface area contributed by atoms with Gasteiger partial charge in [-0.2, -0.15) is 0 Å². The van der Waals surface area contributed by atoms with Crippen LogP contribution in [0.4, 0.5) is 10.1 Å². The molecule has 7 nitrogen and oxygen atoms in total. The summed E-state index contributed by atoms with van der Waals surface area (Å²) in [6, 6.07) is 24.8. The van der Waals surface area contributed by atoms with E-state index in [9.17, 15) is 24.2 Å². The fraction of sp³-hybridized carbons (Fsp3) is 0.273. The molecule has 0 spiro atoms. The van der Waals surface area contributed by atoms with Crippen molar-refractivity contribution in [1.82, 2.24) is 4.57 Å². The smallest absolute Gasteiger partial charge is 0.481 e. The Hall–Kier alpha value is -2.79. The molecule has 4 N–H and O–H groups in total. The summed E-state index contributed by atoms with van der Waals surface area (Å²) in [6.07, 6.45) is -2.51. The Morgan fingerprint density at radius 3 is 2.02 bits per heavy atom. The topological polar surface area (TPSA) is 112 Å². The first kappa shape index (κ1) is 33.7. The van der Waals surface area contributed by atoms with Gasteiger partial charge in [-0.3, -0.25) is 9.59 Å². The predicted molar refractivity (Wildman–Crippen MR) is 163 cm³/mol. The second kappa shape index (κ2) is 15.6. The number of carbonyl (C=O) groups excluding carboxylic acids is 1. The molecule has 9 heteroatoms. The Labute approximate surface area is 282 Å². The van der Waals surface area contributed by atoms with E-state index in [1.807, 2.05) is 79.1 Å². The molecule has 0 radical (unpaired) electrons. The number of anilines is 1. The van der Waals surface area contributed by atoms with Crippen LogP contribution in [0, 0.1) is 5.82 Å². The number of benzene rings is 3. The zero-order chi connectivity index (χ0) is 29.5. The van der Waals surface area contributed by atoms with E-state index < -0.39 is 24.6 Å². The van der Waals surface area contributed by atoms with Crippen LogP contribution in [0.5, 0.6) is 0 Å². The van der Waals surface area contributed by atoms with E-state index >= 15 is 0 Å². The molecule has 0 saturated carbocycles. The Balaban J connectivity index is 0.00000484. The zero-order valence-electron chi connectivity index (χ0n) is 23.8. The van der Waals surface area contributed by atoms with Crippen molar-refractivity contribution in [2.24, 2.45) is 0 Å². The van der Waals surface area contributed by atoms with Crippen molar-refractivity contribution in [2.45, 2.75) is 57.8 Å². The van der Waals surface area contributed by atoms with E-state index in [4.69, 9.17) is 5.11 Å². The van der Waals surface area contributed by atoms with Gasteiger partial charge in [0.15, 0.2) is 0 Å². The standard InChI is InChI=1S/C33H35FN2O5.Sr/c1-21(2)31-30(33(41)35-25-11-7-4-8-12-25)29(22-9-5-3-6-10-22)32(23-13-15-24(34)16-14-23)36(31)18-17-26(37)19-27(38)20-28(39)40;/h3-16,21,26-27,37-38H,17-20H2,1-2H3,(H,35,41)(H,39,40);/q;+2/t26-,27-;/m1./s1. The molecule has 0 unspecified atom stereocenters. The van der Waals surface area contributed by atoms with E-state index in [1.165, 1.54) is 12.1 Å². The first-order chi connectivity index (χ1) is 19.7. The van der Waals surface area contributed by atoms with Crippen molar-refractivity contribution < 1.29 is 29.3 Å². The summed E-state index contributed by atoms with van der Waals surface area (Å²) < 4.78 is 16.0. The van der Waals surface area contributed by atoms with Gasteiger partial charge in [-0.25, -0.2) is 4.39 Å². The molecule has 0 bridgehead atoms. The number of carbonyl (C=O) groups is 2. The molecule has 4 aromatic rings. The number of halogens is 1. The van der Waals surface area contributed by atoms with Gasteiger partial charge in [0.2, 0.25) is 0 Å². The van der Waals surface area contributed by atoms with Crippen LogP contribution in [0.2, 0.25) is 0 Å². The Bertz CT molecular complexity index is 1470. The van der Waals surface area contributed by atoms with Gasteiger partial charge in [0, 0.05) is 23.5 Å². The third-order valence-electron chi connectivity index (χ3n) is 6.93. The van der Waals surface area contributed by atoms with Gasteiger partial charge < -0.3 is 25.2 Å². The molecular formula is C33H35FN2O5Sr+2. The maximum Gasteiger partial charge on any atom is 2.00 e. The predicted octanol–water partition coefficient (Wildman–Crippen LogP) is 5.93. The number of rotatable bonds is 12. The molecule has 0 aliphatic rings. The van der Waals surface area contributed by atoms with Crippen LogP contribution >= 0.6 is 0 Å². The number of carboxylic acids is 1. The number of carboxylic acid groups (broad SMARTS) is 1. The molecule has 1 heterocycles. The summed E-state index contributed by atoms with van der Waals surface area (Å²) in [4.78, 5) is 25.0. The van der Waals surface area contributed by atoms with Crippen LogP contribution in [0.25, 0.3) is 22.4 Å². The molecule has 0 aliphatic heterocycles. The monoisotopic (exact) mass is 646 g/mol. The van der Waals surface area contributed by atoms with Crippen LogP contribution < -0.4 is 5.32 Å². The van der Waals surface area contributed by atoms with Crippen molar-refractivity contribution in [2.75, 3.05) is 5.32 Å². The number of aromatic nitrogens is 1. The van der Waals surface area contributed by atoms with Crippen molar-refractivity contribution in [1.29, 1.82) is 0 Å². The summed E-state index contributed by atoms with van der Waals surface area (Å²) >= 11 is 0. The zero-order valence-corrected chi connectivity index (χ0v) is 27.3. The van der Waals surface area contributed by atoms with E-state index in [1.54, 1.807) is 12.1 Å². The van der Waals surface area contributed by atoms with E-state index in [-0.39, 0.29) is 82.5 Å².